The number of hydrogen-bond donors (Lipinski definition) is 1. The molecule has 0 spiro atoms. The van der Waals surface area contributed by atoms with Gasteiger partial charge in [0, 0.05) is 24.7 Å². The van der Waals surface area contributed by atoms with Crippen LogP contribution in [0.3, 0.4) is 0 Å². The predicted molar refractivity (Wildman–Crippen MR) is 81.4 cm³/mol. The summed E-state index contributed by atoms with van der Waals surface area (Å²) in [6.07, 6.45) is 2.97. The van der Waals surface area contributed by atoms with Crippen LogP contribution in [0.15, 0.2) is 12.1 Å². The molecule has 6 nitrogen and oxygen atoms in total. The first-order chi connectivity index (χ1) is 9.90. The third-order valence-electron chi connectivity index (χ3n) is 3.86. The lowest BCUT2D eigenvalue weighted by atomic mass is 10.0. The average Bonchev–Trinajstić information content (AvgIpc) is 2.65. The molecule has 1 aromatic rings. The summed E-state index contributed by atoms with van der Waals surface area (Å²) in [7, 11) is 0. The largest absolute Gasteiger partial charge is 0.392 e. The molecule has 1 fully saturated rings. The van der Waals surface area contributed by atoms with Gasteiger partial charge in [-0.2, -0.15) is 0 Å². The maximum atomic E-state index is 12.5. The van der Waals surface area contributed by atoms with Gasteiger partial charge in [-0.15, -0.1) is 0 Å². The molecule has 0 radical (unpaired) electrons. The number of nitro benzene ring substituents is 1. The van der Waals surface area contributed by atoms with Gasteiger partial charge in [-0.05, 0) is 31.2 Å². The fourth-order valence-corrected chi connectivity index (χ4v) is 2.74. The van der Waals surface area contributed by atoms with Gasteiger partial charge in [-0.3, -0.25) is 14.9 Å². The van der Waals surface area contributed by atoms with E-state index in [1.54, 1.807) is 4.90 Å². The third-order valence-corrected chi connectivity index (χ3v) is 4.17. The van der Waals surface area contributed by atoms with Gasteiger partial charge in [0.15, 0.2) is 0 Å². The van der Waals surface area contributed by atoms with Crippen molar-refractivity contribution in [2.45, 2.75) is 26.2 Å². The SMILES string of the molecule is CC1CCCN(C(=O)c2cc(Cl)c(N)c([N+](=O)[O-])c2)CC1. The first-order valence-electron chi connectivity index (χ1n) is 6.93. The number of hydrogen-bond acceptors (Lipinski definition) is 4. The lowest BCUT2D eigenvalue weighted by Crippen LogP contribution is -2.32. The zero-order chi connectivity index (χ0) is 15.6. The zero-order valence-corrected chi connectivity index (χ0v) is 12.6. The van der Waals surface area contributed by atoms with Crippen molar-refractivity contribution in [3.05, 3.63) is 32.8 Å². The van der Waals surface area contributed by atoms with Gasteiger partial charge >= 0.3 is 0 Å². The number of benzene rings is 1. The molecule has 0 saturated carbocycles. The summed E-state index contributed by atoms with van der Waals surface area (Å²) >= 11 is 5.90. The van der Waals surface area contributed by atoms with E-state index in [1.165, 1.54) is 12.1 Å². The molecule has 0 aliphatic carbocycles. The van der Waals surface area contributed by atoms with Crippen LogP contribution in [0, 0.1) is 16.0 Å². The Morgan fingerprint density at radius 3 is 2.81 bits per heavy atom. The molecule has 1 saturated heterocycles. The Balaban J connectivity index is 2.28. The minimum Gasteiger partial charge on any atom is -0.392 e. The van der Waals surface area contributed by atoms with Gasteiger partial charge in [0.25, 0.3) is 11.6 Å². The van der Waals surface area contributed by atoms with Crippen molar-refractivity contribution in [3.63, 3.8) is 0 Å². The van der Waals surface area contributed by atoms with E-state index in [0.717, 1.165) is 19.3 Å². The molecular weight excluding hydrogens is 294 g/mol. The van der Waals surface area contributed by atoms with Crippen molar-refractivity contribution >= 4 is 28.9 Å². The summed E-state index contributed by atoms with van der Waals surface area (Å²) in [4.78, 5) is 24.6. The Hall–Kier alpha value is -1.82. The summed E-state index contributed by atoms with van der Waals surface area (Å²) in [5.41, 5.74) is 5.36. The number of rotatable bonds is 2. The number of nitrogens with two attached hydrogens (primary N) is 1. The Kier molecular flexibility index (Phi) is 4.67. The molecule has 2 N–H and O–H groups in total. The monoisotopic (exact) mass is 311 g/mol. The molecule has 1 amide bonds. The maximum absolute atomic E-state index is 12.5. The van der Waals surface area contributed by atoms with Crippen LogP contribution in [-0.4, -0.2) is 28.8 Å². The van der Waals surface area contributed by atoms with Crippen LogP contribution in [0.25, 0.3) is 0 Å². The second kappa shape index (κ2) is 6.30. The molecule has 114 valence electrons. The van der Waals surface area contributed by atoms with Crippen LogP contribution in [-0.2, 0) is 0 Å². The fourth-order valence-electron chi connectivity index (χ4n) is 2.53. The number of carbonyl (C=O) groups is 1. The van der Waals surface area contributed by atoms with Crippen molar-refractivity contribution in [3.8, 4) is 0 Å². The molecule has 2 rings (SSSR count). The molecule has 1 unspecified atom stereocenters. The van der Waals surface area contributed by atoms with E-state index < -0.39 is 4.92 Å². The number of nitrogens with zero attached hydrogens (tertiary/aromatic N) is 2. The topological polar surface area (TPSA) is 89.5 Å². The van der Waals surface area contributed by atoms with Crippen LogP contribution >= 0.6 is 11.6 Å². The molecule has 7 heteroatoms. The van der Waals surface area contributed by atoms with Crippen molar-refractivity contribution in [2.24, 2.45) is 5.92 Å². The summed E-state index contributed by atoms with van der Waals surface area (Å²) in [6.45, 7) is 3.49. The van der Waals surface area contributed by atoms with Crippen LogP contribution in [0.1, 0.15) is 36.5 Å². The summed E-state index contributed by atoms with van der Waals surface area (Å²) in [6, 6.07) is 2.61. The van der Waals surface area contributed by atoms with E-state index in [9.17, 15) is 14.9 Å². The highest BCUT2D eigenvalue weighted by Crippen LogP contribution is 2.31. The van der Waals surface area contributed by atoms with Crippen LogP contribution in [0.4, 0.5) is 11.4 Å². The lowest BCUT2D eigenvalue weighted by molar-refractivity contribution is -0.383. The average molecular weight is 312 g/mol. The molecule has 0 bridgehead atoms. The minimum atomic E-state index is -0.623. The van der Waals surface area contributed by atoms with Crippen LogP contribution in [0.2, 0.25) is 5.02 Å². The standard InChI is InChI=1S/C14H18ClN3O3/c1-9-3-2-5-17(6-4-9)14(19)10-7-11(15)13(16)12(8-10)18(20)21/h7-9H,2-6,16H2,1H3. The first kappa shape index (κ1) is 15.6. The van der Waals surface area contributed by atoms with Crippen molar-refractivity contribution in [1.29, 1.82) is 0 Å². The maximum Gasteiger partial charge on any atom is 0.294 e. The molecule has 1 aromatic carbocycles. The number of nitro groups is 1. The number of nitrogen functional groups attached to an aromatic ring is 1. The molecule has 1 aliphatic rings. The first-order valence-corrected chi connectivity index (χ1v) is 7.30. The highest BCUT2D eigenvalue weighted by molar-refractivity contribution is 6.34. The van der Waals surface area contributed by atoms with Crippen molar-refractivity contribution in [2.75, 3.05) is 18.8 Å². The number of halogens is 1. The number of amides is 1. The Morgan fingerprint density at radius 2 is 2.14 bits per heavy atom. The van der Waals surface area contributed by atoms with Gasteiger partial charge in [-0.1, -0.05) is 18.5 Å². The van der Waals surface area contributed by atoms with Crippen LogP contribution < -0.4 is 5.73 Å². The lowest BCUT2D eigenvalue weighted by Gasteiger charge is -2.20. The number of anilines is 1. The van der Waals surface area contributed by atoms with Crippen molar-refractivity contribution < 1.29 is 9.72 Å². The number of carbonyl (C=O) groups excluding carboxylic acids is 1. The fraction of sp³-hybridized carbons (Fsp3) is 0.500. The van der Waals surface area contributed by atoms with E-state index in [1.807, 2.05) is 0 Å². The minimum absolute atomic E-state index is 0.0377. The van der Waals surface area contributed by atoms with Crippen LogP contribution in [0.5, 0.6) is 0 Å². The second-order valence-electron chi connectivity index (χ2n) is 5.48. The molecule has 21 heavy (non-hydrogen) atoms. The van der Waals surface area contributed by atoms with Crippen molar-refractivity contribution in [1.82, 2.24) is 4.90 Å². The van der Waals surface area contributed by atoms with E-state index in [2.05, 4.69) is 6.92 Å². The summed E-state index contributed by atoms with van der Waals surface area (Å²) in [5, 5.41) is 11.0. The van der Waals surface area contributed by atoms with E-state index >= 15 is 0 Å². The normalized spacial score (nSPS) is 19.1. The third kappa shape index (κ3) is 3.44. The predicted octanol–water partition coefficient (Wildman–Crippen LogP) is 3.09. The molecule has 0 aromatic heterocycles. The van der Waals surface area contributed by atoms with Gasteiger partial charge in [0.2, 0.25) is 0 Å². The number of likely N-dealkylation sites (tertiary alicyclic amines) is 1. The Labute approximate surface area is 128 Å². The summed E-state index contributed by atoms with van der Waals surface area (Å²) < 4.78 is 0. The highest BCUT2D eigenvalue weighted by atomic mass is 35.5. The second-order valence-corrected chi connectivity index (χ2v) is 5.88. The highest BCUT2D eigenvalue weighted by Gasteiger charge is 2.24. The van der Waals surface area contributed by atoms with E-state index in [0.29, 0.717) is 19.0 Å². The van der Waals surface area contributed by atoms with E-state index in [-0.39, 0.29) is 27.9 Å². The molecule has 1 atom stereocenters. The van der Waals surface area contributed by atoms with Gasteiger partial charge in [-0.25, -0.2) is 0 Å². The van der Waals surface area contributed by atoms with Gasteiger partial charge in [0.05, 0.1) is 9.95 Å². The quantitative estimate of drug-likeness (QED) is 0.516. The Morgan fingerprint density at radius 1 is 1.43 bits per heavy atom. The van der Waals surface area contributed by atoms with Gasteiger partial charge in [0.1, 0.15) is 5.69 Å². The molecular formula is C14H18ClN3O3. The zero-order valence-electron chi connectivity index (χ0n) is 11.8. The smallest absolute Gasteiger partial charge is 0.294 e. The summed E-state index contributed by atoms with van der Waals surface area (Å²) in [5.74, 6) is 0.362. The molecule has 1 heterocycles. The Bertz CT molecular complexity index is 577. The molecule has 1 aliphatic heterocycles. The van der Waals surface area contributed by atoms with E-state index in [4.69, 9.17) is 17.3 Å². The van der Waals surface area contributed by atoms with Gasteiger partial charge < -0.3 is 10.6 Å².